The minimum absolute atomic E-state index is 0.146. The Kier molecular flexibility index (Phi) is 11.3. The molecule has 16 nitrogen and oxygen atoms in total. The number of hydrogen-bond acceptors (Lipinski definition) is 12. The first-order chi connectivity index (χ1) is 27.3. The summed E-state index contributed by atoms with van der Waals surface area (Å²) in [4.78, 5) is 46.7. The molecule has 2 aliphatic heterocycles. The van der Waals surface area contributed by atoms with Gasteiger partial charge in [-0.25, -0.2) is 19.2 Å². The van der Waals surface area contributed by atoms with Crippen molar-refractivity contribution in [3.8, 4) is 22.5 Å². The SMILES string of the molecule is COCC1OC(n2nc(CCCNC(=O)c3ccc(C=O)c(-c4c5ccc(=[N+](C)C)cc-5oc5cc(N(C)C)ccc45)c3)c3c(N)ncnc32)CC1OP(C)(=O)O. The molecule has 7 rings (SSSR count). The molecule has 4 unspecified atom stereocenters. The molecule has 2 aromatic carbocycles. The van der Waals surface area contributed by atoms with Crippen molar-refractivity contribution < 1.29 is 37.5 Å². The highest BCUT2D eigenvalue weighted by atomic mass is 31.2. The summed E-state index contributed by atoms with van der Waals surface area (Å²) in [6.45, 7) is 1.57. The summed E-state index contributed by atoms with van der Waals surface area (Å²) < 4.78 is 39.0. The zero-order valence-corrected chi connectivity index (χ0v) is 33.5. The van der Waals surface area contributed by atoms with E-state index in [9.17, 15) is 19.0 Å². The summed E-state index contributed by atoms with van der Waals surface area (Å²) in [5, 5.41) is 10.1. The molecule has 4 aromatic rings. The van der Waals surface area contributed by atoms with Crippen molar-refractivity contribution in [1.82, 2.24) is 29.6 Å². The molecular formula is C40H46N8O8P+. The molecule has 4 heterocycles. The number of rotatable bonds is 13. The first-order valence-corrected chi connectivity index (χ1v) is 20.5. The monoisotopic (exact) mass is 797 g/mol. The maximum atomic E-state index is 13.7. The fourth-order valence-corrected chi connectivity index (χ4v) is 7.98. The Morgan fingerprint density at radius 3 is 2.67 bits per heavy atom. The number of nitrogens with one attached hydrogen (secondary N) is 1. The maximum absolute atomic E-state index is 13.7. The van der Waals surface area contributed by atoms with Crippen LogP contribution in [0.15, 0.2) is 65.3 Å². The van der Waals surface area contributed by atoms with Crippen LogP contribution >= 0.6 is 7.60 Å². The average Bonchev–Trinajstić information content (AvgIpc) is 3.75. The molecule has 0 saturated carbocycles. The number of anilines is 2. The third kappa shape index (κ3) is 8.18. The van der Waals surface area contributed by atoms with E-state index in [0.717, 1.165) is 40.5 Å². The fraction of sp³-hybridized carbons (Fsp3) is 0.350. The second-order valence-electron chi connectivity index (χ2n) is 14.5. The summed E-state index contributed by atoms with van der Waals surface area (Å²) in [6.07, 6.45) is 1.28. The molecule has 2 aromatic heterocycles. The van der Waals surface area contributed by atoms with Crippen LogP contribution in [0.1, 0.15) is 45.5 Å². The van der Waals surface area contributed by atoms with E-state index < -0.39 is 26.0 Å². The third-order valence-corrected chi connectivity index (χ3v) is 10.7. The zero-order valence-electron chi connectivity index (χ0n) is 32.6. The number of nitrogens with zero attached hydrogens (tertiary/aromatic N) is 6. The summed E-state index contributed by atoms with van der Waals surface area (Å²) in [5.41, 5.74) is 12.0. The van der Waals surface area contributed by atoms with Crippen molar-refractivity contribution >= 4 is 53.3 Å². The van der Waals surface area contributed by atoms with Gasteiger partial charge in [-0.05, 0) is 48.7 Å². The van der Waals surface area contributed by atoms with Gasteiger partial charge in [0.2, 0.25) is 5.36 Å². The van der Waals surface area contributed by atoms with Crippen molar-refractivity contribution in [3.05, 3.63) is 83.1 Å². The Bertz CT molecular complexity index is 2580. The largest absolute Gasteiger partial charge is 0.456 e. The highest BCUT2D eigenvalue weighted by Crippen LogP contribution is 2.45. The molecule has 3 aliphatic rings. The molecule has 4 atom stereocenters. The van der Waals surface area contributed by atoms with E-state index in [1.54, 1.807) is 22.9 Å². The Balaban J connectivity index is 1.14. The molecule has 0 spiro atoms. The van der Waals surface area contributed by atoms with Crippen LogP contribution in [0.3, 0.4) is 0 Å². The van der Waals surface area contributed by atoms with Gasteiger partial charge in [0.15, 0.2) is 18.2 Å². The smallest absolute Gasteiger partial charge is 0.325 e. The zero-order chi connectivity index (χ0) is 40.6. The van der Waals surface area contributed by atoms with Gasteiger partial charge in [-0.2, -0.15) is 5.10 Å². The number of nitrogens with two attached hydrogens (primary N) is 1. The number of fused-ring (bicyclic) bond motifs is 3. The first kappa shape index (κ1) is 39.7. The van der Waals surface area contributed by atoms with Crippen molar-refractivity contribution in [1.29, 1.82) is 0 Å². The minimum atomic E-state index is -3.81. The molecular weight excluding hydrogens is 751 g/mol. The van der Waals surface area contributed by atoms with Crippen molar-refractivity contribution in [3.63, 3.8) is 0 Å². The van der Waals surface area contributed by atoms with Gasteiger partial charge in [0.05, 0.1) is 23.8 Å². The second kappa shape index (κ2) is 16.2. The molecule has 1 saturated heterocycles. The second-order valence-corrected chi connectivity index (χ2v) is 16.3. The fourth-order valence-electron chi connectivity index (χ4n) is 7.26. The van der Waals surface area contributed by atoms with Gasteiger partial charge < -0.3 is 39.3 Å². The van der Waals surface area contributed by atoms with Crippen molar-refractivity contribution in [2.45, 2.75) is 37.7 Å². The Labute approximate surface area is 328 Å². The van der Waals surface area contributed by atoms with Gasteiger partial charge in [-0.1, -0.05) is 6.07 Å². The van der Waals surface area contributed by atoms with E-state index in [4.69, 9.17) is 29.2 Å². The van der Waals surface area contributed by atoms with Crippen LogP contribution in [0.25, 0.3) is 44.5 Å². The molecule has 298 valence electrons. The molecule has 1 fully saturated rings. The lowest BCUT2D eigenvalue weighted by Crippen LogP contribution is -2.27. The third-order valence-electron chi connectivity index (χ3n) is 10.0. The lowest BCUT2D eigenvalue weighted by atomic mass is 9.89. The molecule has 4 N–H and O–H groups in total. The topological polar surface area (TPSA) is 200 Å². The first-order valence-electron chi connectivity index (χ1n) is 18.4. The lowest BCUT2D eigenvalue weighted by molar-refractivity contribution is -0.0530. The van der Waals surface area contributed by atoms with Gasteiger partial charge in [0.25, 0.3) is 5.91 Å². The van der Waals surface area contributed by atoms with E-state index in [0.29, 0.717) is 64.1 Å². The lowest BCUT2D eigenvalue weighted by Gasteiger charge is -2.19. The molecule has 1 aliphatic carbocycles. The van der Waals surface area contributed by atoms with Crippen molar-refractivity contribution in [2.75, 3.05) is 65.8 Å². The van der Waals surface area contributed by atoms with Gasteiger partial charge in [0.1, 0.15) is 49.8 Å². The number of carbonyl (C=O) groups is 2. The van der Waals surface area contributed by atoms with E-state index in [-0.39, 0.29) is 24.8 Å². The van der Waals surface area contributed by atoms with Gasteiger partial charge >= 0.3 is 7.60 Å². The number of carbonyl (C=O) groups excluding carboxylic acids is 2. The number of hydrogen-bond donors (Lipinski definition) is 3. The Morgan fingerprint density at radius 2 is 1.95 bits per heavy atom. The van der Waals surface area contributed by atoms with E-state index in [1.807, 2.05) is 74.1 Å². The van der Waals surface area contributed by atoms with Crippen molar-refractivity contribution in [2.24, 2.45) is 0 Å². The molecule has 57 heavy (non-hydrogen) atoms. The summed E-state index contributed by atoms with van der Waals surface area (Å²) >= 11 is 0. The van der Waals surface area contributed by atoms with E-state index >= 15 is 0 Å². The summed E-state index contributed by atoms with van der Waals surface area (Å²) in [6, 6.07) is 17.0. The van der Waals surface area contributed by atoms with E-state index in [1.165, 1.54) is 13.4 Å². The van der Waals surface area contributed by atoms with Crippen LogP contribution in [-0.2, 0) is 25.0 Å². The number of aldehydes is 1. The number of benzene rings is 3. The van der Waals surface area contributed by atoms with Gasteiger partial charge in [0, 0.05) is 86.3 Å². The van der Waals surface area contributed by atoms with Crippen LogP contribution < -0.4 is 25.9 Å². The number of nitrogen functional groups attached to an aromatic ring is 1. The molecule has 0 bridgehead atoms. The normalized spacial score (nSPS) is 17.9. The molecule has 17 heteroatoms. The van der Waals surface area contributed by atoms with Crippen LogP contribution in [-0.4, -0.2) is 104 Å². The predicted molar refractivity (Wildman–Crippen MR) is 217 cm³/mol. The Morgan fingerprint density at radius 1 is 1.14 bits per heavy atom. The quantitative estimate of drug-likeness (QED) is 0.0491. The van der Waals surface area contributed by atoms with E-state index in [2.05, 4.69) is 15.3 Å². The summed E-state index contributed by atoms with van der Waals surface area (Å²) in [5.74, 6) is 0.578. The average molecular weight is 798 g/mol. The summed E-state index contributed by atoms with van der Waals surface area (Å²) in [7, 11) is 5.53. The van der Waals surface area contributed by atoms with Crippen LogP contribution in [0.2, 0.25) is 0 Å². The van der Waals surface area contributed by atoms with Crippen LogP contribution in [0, 0.1) is 0 Å². The predicted octanol–water partition coefficient (Wildman–Crippen LogP) is 4.33. The molecule has 0 radical (unpaired) electrons. The maximum Gasteiger partial charge on any atom is 0.325 e. The number of ether oxygens (including phenoxy) is 2. The Hall–Kier alpha value is -5.51. The number of aryl methyl sites for hydroxylation is 1. The number of amides is 1. The van der Waals surface area contributed by atoms with Gasteiger partial charge in [-0.15, -0.1) is 0 Å². The standard InChI is InChI=1S/C40H45N8O8P/c1-46(2)25-11-13-27-31(17-25)54-32-18-26(47(3)4)12-14-28(32)36(27)29-16-23(9-10-24(29)20-49)40(50)42-15-7-8-30-37-38(41)43-22-44-39(37)48(45-30)35-19-33(56-57(6,51)52)34(55-35)21-53-5/h9-14,16-18,20,22,33-35H,7-8,15,19,21H2,1-6H3,(H3-,41,42,43,44,45,50,51,52)/p+1. The van der Waals surface area contributed by atoms with Gasteiger partial charge in [-0.3, -0.25) is 14.2 Å². The van der Waals surface area contributed by atoms with Crippen LogP contribution in [0.4, 0.5) is 11.5 Å². The number of methoxy groups -OCH3 is 1. The van der Waals surface area contributed by atoms with Crippen LogP contribution in [0.5, 0.6) is 0 Å². The highest BCUT2D eigenvalue weighted by Gasteiger charge is 2.41. The minimum Gasteiger partial charge on any atom is -0.456 e. The molecule has 1 amide bonds. The highest BCUT2D eigenvalue weighted by molar-refractivity contribution is 7.51. The number of aromatic nitrogens is 4.